The lowest BCUT2D eigenvalue weighted by atomic mass is 10.2. The van der Waals surface area contributed by atoms with E-state index < -0.39 is 0 Å². The molecule has 20 heavy (non-hydrogen) atoms. The molecule has 0 saturated heterocycles. The highest BCUT2D eigenvalue weighted by Crippen LogP contribution is 2.34. The molecule has 0 atom stereocenters. The van der Waals surface area contributed by atoms with Gasteiger partial charge >= 0.3 is 0 Å². The van der Waals surface area contributed by atoms with Crippen molar-refractivity contribution >= 4 is 44.3 Å². The summed E-state index contributed by atoms with van der Waals surface area (Å²) in [6, 6.07) is 8.91. The monoisotopic (exact) mass is 352 g/mol. The third-order valence-electron chi connectivity index (χ3n) is 2.90. The van der Waals surface area contributed by atoms with Crippen LogP contribution in [0, 0.1) is 0 Å². The van der Waals surface area contributed by atoms with Crippen LogP contribution in [-0.4, -0.2) is 12.1 Å². The number of aromatic nitrogens is 1. The number of hydrogen-bond acceptors (Lipinski definition) is 4. The van der Waals surface area contributed by atoms with E-state index in [0.29, 0.717) is 33.4 Å². The van der Waals surface area contributed by atoms with Crippen LogP contribution in [0.25, 0.3) is 22.6 Å². The Labute approximate surface area is 128 Å². The summed E-state index contributed by atoms with van der Waals surface area (Å²) in [5.74, 6) is 1.19. The first-order valence-corrected chi connectivity index (χ1v) is 6.95. The van der Waals surface area contributed by atoms with E-state index in [-0.39, 0.29) is 0 Å². The Hall–Kier alpha value is -1.72. The molecule has 0 amide bonds. The summed E-state index contributed by atoms with van der Waals surface area (Å²) in [6.07, 6.45) is 0. The van der Waals surface area contributed by atoms with Crippen molar-refractivity contribution in [2.75, 3.05) is 12.8 Å². The van der Waals surface area contributed by atoms with Crippen molar-refractivity contribution in [1.29, 1.82) is 0 Å². The second-order valence-corrected chi connectivity index (χ2v) is 5.47. The van der Waals surface area contributed by atoms with Gasteiger partial charge in [-0.15, -0.1) is 0 Å². The Balaban J connectivity index is 2.17. The van der Waals surface area contributed by atoms with Crippen LogP contribution in [0.1, 0.15) is 0 Å². The van der Waals surface area contributed by atoms with Gasteiger partial charge in [0.15, 0.2) is 5.58 Å². The Bertz CT molecular complexity index is 801. The van der Waals surface area contributed by atoms with Gasteiger partial charge in [0.25, 0.3) is 0 Å². The molecular weight excluding hydrogens is 344 g/mol. The lowest BCUT2D eigenvalue weighted by Crippen LogP contribution is -1.87. The van der Waals surface area contributed by atoms with Crippen molar-refractivity contribution in [2.45, 2.75) is 0 Å². The minimum Gasteiger partial charge on any atom is -0.497 e. The summed E-state index contributed by atoms with van der Waals surface area (Å²) >= 11 is 9.35. The van der Waals surface area contributed by atoms with E-state index in [9.17, 15) is 0 Å². The number of anilines is 1. The molecule has 2 aromatic carbocycles. The van der Waals surface area contributed by atoms with Crippen LogP contribution in [-0.2, 0) is 0 Å². The highest BCUT2D eigenvalue weighted by atomic mass is 79.9. The zero-order valence-corrected chi connectivity index (χ0v) is 12.8. The van der Waals surface area contributed by atoms with E-state index in [0.717, 1.165) is 10.0 Å². The number of halogens is 2. The molecule has 1 heterocycles. The molecule has 0 saturated carbocycles. The van der Waals surface area contributed by atoms with Gasteiger partial charge in [0.1, 0.15) is 11.3 Å². The third-order valence-corrected chi connectivity index (χ3v) is 3.83. The number of nitrogens with two attached hydrogens (primary N) is 1. The molecule has 3 rings (SSSR count). The topological polar surface area (TPSA) is 61.3 Å². The number of nitrogen functional groups attached to an aromatic ring is 1. The van der Waals surface area contributed by atoms with Gasteiger partial charge in [-0.1, -0.05) is 11.6 Å². The number of benzene rings is 2. The summed E-state index contributed by atoms with van der Waals surface area (Å²) in [5, 5.41) is 0.507. The SMILES string of the molecule is COc1cc(Br)c2oc(-c3ccc(Cl)c(N)c3)nc2c1. The number of fused-ring (bicyclic) bond motifs is 1. The molecule has 0 bridgehead atoms. The second kappa shape index (κ2) is 5.00. The molecule has 0 aliphatic heterocycles. The van der Waals surface area contributed by atoms with Crippen LogP contribution in [0.2, 0.25) is 5.02 Å². The van der Waals surface area contributed by atoms with Gasteiger partial charge in [-0.25, -0.2) is 4.98 Å². The van der Waals surface area contributed by atoms with Crippen LogP contribution in [0.4, 0.5) is 5.69 Å². The van der Waals surface area contributed by atoms with Crippen LogP contribution >= 0.6 is 27.5 Å². The molecule has 3 aromatic rings. The quantitative estimate of drug-likeness (QED) is 0.689. The molecule has 0 aliphatic carbocycles. The molecule has 6 heteroatoms. The minimum absolute atomic E-state index is 0.484. The largest absolute Gasteiger partial charge is 0.497 e. The number of hydrogen-bond donors (Lipinski definition) is 1. The maximum Gasteiger partial charge on any atom is 0.227 e. The van der Waals surface area contributed by atoms with Crippen LogP contribution < -0.4 is 10.5 Å². The molecular formula is C14H10BrClN2O2. The van der Waals surface area contributed by atoms with Crippen molar-refractivity contribution in [3.05, 3.63) is 39.8 Å². The molecule has 1 aromatic heterocycles. The summed E-state index contributed by atoms with van der Waals surface area (Å²) < 4.78 is 11.8. The normalized spacial score (nSPS) is 10.9. The van der Waals surface area contributed by atoms with Gasteiger partial charge in [0, 0.05) is 11.6 Å². The standard InChI is InChI=1S/C14H10BrClN2O2/c1-19-8-5-9(15)13-12(6-8)18-14(20-13)7-2-3-10(16)11(17)4-7/h2-6H,17H2,1H3. The van der Waals surface area contributed by atoms with E-state index in [2.05, 4.69) is 20.9 Å². The van der Waals surface area contributed by atoms with Crippen molar-refractivity contribution < 1.29 is 9.15 Å². The molecule has 0 unspecified atom stereocenters. The molecule has 2 N–H and O–H groups in total. The fourth-order valence-corrected chi connectivity index (χ4v) is 2.51. The first-order chi connectivity index (χ1) is 9.58. The Morgan fingerprint density at radius 1 is 1.30 bits per heavy atom. The van der Waals surface area contributed by atoms with Gasteiger partial charge in [0.05, 0.1) is 22.3 Å². The maximum atomic E-state index is 5.91. The number of oxazole rings is 1. The fraction of sp³-hybridized carbons (Fsp3) is 0.0714. The van der Waals surface area contributed by atoms with Gasteiger partial charge < -0.3 is 14.9 Å². The van der Waals surface area contributed by atoms with Crippen LogP contribution in [0.15, 0.2) is 39.2 Å². The fourth-order valence-electron chi connectivity index (χ4n) is 1.89. The van der Waals surface area contributed by atoms with E-state index >= 15 is 0 Å². The summed E-state index contributed by atoms with van der Waals surface area (Å²) in [4.78, 5) is 4.45. The molecule has 0 spiro atoms. The average Bonchev–Trinajstić information content (AvgIpc) is 2.86. The predicted octanol–water partition coefficient (Wildman–Crippen LogP) is 4.50. The highest BCUT2D eigenvalue weighted by molar-refractivity contribution is 9.10. The first-order valence-electron chi connectivity index (χ1n) is 5.78. The summed E-state index contributed by atoms with van der Waals surface area (Å²) in [5.41, 5.74) is 8.43. The Kier molecular flexibility index (Phi) is 3.31. The maximum absolute atomic E-state index is 5.91. The summed E-state index contributed by atoms with van der Waals surface area (Å²) in [7, 11) is 1.61. The van der Waals surface area contributed by atoms with Crippen molar-refractivity contribution in [2.24, 2.45) is 0 Å². The molecule has 0 radical (unpaired) electrons. The average molecular weight is 354 g/mol. The van der Waals surface area contributed by atoms with Crippen LogP contribution in [0.5, 0.6) is 5.75 Å². The van der Waals surface area contributed by atoms with Gasteiger partial charge in [-0.05, 0) is 40.2 Å². The van der Waals surface area contributed by atoms with E-state index in [1.54, 1.807) is 19.2 Å². The van der Waals surface area contributed by atoms with Crippen LogP contribution in [0.3, 0.4) is 0 Å². The zero-order chi connectivity index (χ0) is 14.3. The predicted molar refractivity (Wildman–Crippen MR) is 83.1 cm³/mol. The number of rotatable bonds is 2. The van der Waals surface area contributed by atoms with E-state index in [1.165, 1.54) is 0 Å². The highest BCUT2D eigenvalue weighted by Gasteiger charge is 2.13. The first kappa shape index (κ1) is 13.3. The lowest BCUT2D eigenvalue weighted by Gasteiger charge is -1.99. The van der Waals surface area contributed by atoms with Crippen molar-refractivity contribution in [3.63, 3.8) is 0 Å². The zero-order valence-electron chi connectivity index (χ0n) is 10.5. The molecule has 4 nitrogen and oxygen atoms in total. The second-order valence-electron chi connectivity index (χ2n) is 4.21. The number of methoxy groups -OCH3 is 1. The smallest absolute Gasteiger partial charge is 0.227 e. The minimum atomic E-state index is 0.484. The van der Waals surface area contributed by atoms with Crippen molar-refractivity contribution in [1.82, 2.24) is 4.98 Å². The van der Waals surface area contributed by atoms with E-state index in [1.807, 2.05) is 18.2 Å². The molecule has 102 valence electrons. The third kappa shape index (κ3) is 2.23. The lowest BCUT2D eigenvalue weighted by molar-refractivity contribution is 0.415. The Morgan fingerprint density at radius 2 is 2.10 bits per heavy atom. The Morgan fingerprint density at radius 3 is 2.80 bits per heavy atom. The van der Waals surface area contributed by atoms with Gasteiger partial charge in [-0.3, -0.25) is 0 Å². The molecule has 0 fully saturated rings. The number of nitrogens with zero attached hydrogens (tertiary/aromatic N) is 1. The summed E-state index contributed by atoms with van der Waals surface area (Å²) in [6.45, 7) is 0. The van der Waals surface area contributed by atoms with E-state index in [4.69, 9.17) is 26.5 Å². The van der Waals surface area contributed by atoms with Crippen molar-refractivity contribution in [3.8, 4) is 17.2 Å². The van der Waals surface area contributed by atoms with Gasteiger partial charge in [0.2, 0.25) is 5.89 Å². The number of ether oxygens (including phenoxy) is 1. The molecule has 0 aliphatic rings. The van der Waals surface area contributed by atoms with Gasteiger partial charge in [-0.2, -0.15) is 0 Å².